The molecule has 1 aromatic carbocycles. The maximum atomic E-state index is 11.1. The Hall–Kier alpha value is -1.31. The van der Waals surface area contributed by atoms with Crippen LogP contribution in [0.25, 0.3) is 0 Å². The zero-order valence-corrected chi connectivity index (χ0v) is 12.1. The van der Waals surface area contributed by atoms with Crippen molar-refractivity contribution in [3.63, 3.8) is 0 Å². The molecule has 0 aliphatic carbocycles. The van der Waals surface area contributed by atoms with Gasteiger partial charge >= 0.3 is 5.97 Å². The Kier molecular flexibility index (Phi) is 4.55. The van der Waals surface area contributed by atoms with Crippen LogP contribution in [0.3, 0.4) is 0 Å². The monoisotopic (exact) mass is 248 g/mol. The smallest absolute Gasteiger partial charge is 0.306 e. The topological polar surface area (TPSA) is 37.3 Å². The summed E-state index contributed by atoms with van der Waals surface area (Å²) in [4.78, 5) is 11.1. The van der Waals surface area contributed by atoms with Gasteiger partial charge in [-0.15, -0.1) is 0 Å². The van der Waals surface area contributed by atoms with E-state index < -0.39 is 5.97 Å². The predicted octanol–water partition coefficient (Wildman–Crippen LogP) is 3.95. The molecule has 0 spiro atoms. The Balaban J connectivity index is 2.96. The summed E-state index contributed by atoms with van der Waals surface area (Å²) in [5.74, 6) is -0.971. The molecule has 0 fully saturated rings. The molecule has 0 bridgehead atoms. The third-order valence-electron chi connectivity index (χ3n) is 3.52. The van der Waals surface area contributed by atoms with E-state index in [-0.39, 0.29) is 11.3 Å². The Labute approximate surface area is 110 Å². The second kappa shape index (κ2) is 5.55. The van der Waals surface area contributed by atoms with Crippen LogP contribution in [0.1, 0.15) is 50.8 Å². The molecule has 1 N–H and O–H groups in total. The van der Waals surface area contributed by atoms with Gasteiger partial charge in [0, 0.05) is 0 Å². The molecule has 1 unspecified atom stereocenters. The van der Waals surface area contributed by atoms with Gasteiger partial charge in [-0.05, 0) is 41.9 Å². The fraction of sp³-hybridized carbons (Fsp3) is 0.562. The molecular formula is C16H24O2. The summed E-state index contributed by atoms with van der Waals surface area (Å²) in [7, 11) is 0. The second-order valence-corrected chi connectivity index (χ2v) is 6.04. The van der Waals surface area contributed by atoms with E-state index >= 15 is 0 Å². The molecule has 1 aromatic rings. The Morgan fingerprint density at radius 3 is 2.33 bits per heavy atom. The van der Waals surface area contributed by atoms with Crippen LogP contribution in [-0.2, 0) is 16.6 Å². The maximum Gasteiger partial charge on any atom is 0.306 e. The van der Waals surface area contributed by atoms with Gasteiger partial charge in [0.25, 0.3) is 0 Å². The number of carboxylic acids is 1. The molecule has 1 rings (SSSR count). The molecule has 1 atom stereocenters. The van der Waals surface area contributed by atoms with Crippen molar-refractivity contribution < 1.29 is 9.90 Å². The molecule has 0 saturated heterocycles. The first-order valence-corrected chi connectivity index (χ1v) is 6.58. The molecule has 100 valence electrons. The molecule has 0 heterocycles. The molecule has 2 heteroatoms. The lowest BCUT2D eigenvalue weighted by molar-refractivity contribution is -0.141. The van der Waals surface area contributed by atoms with E-state index in [9.17, 15) is 4.79 Å². The van der Waals surface area contributed by atoms with Gasteiger partial charge in [0.05, 0.1) is 5.92 Å². The number of aryl methyl sites for hydroxylation is 1. The van der Waals surface area contributed by atoms with Crippen molar-refractivity contribution in [2.24, 2.45) is 5.92 Å². The van der Waals surface area contributed by atoms with Crippen LogP contribution in [0, 0.1) is 12.8 Å². The first-order chi connectivity index (χ1) is 8.25. The zero-order chi connectivity index (χ0) is 13.9. The van der Waals surface area contributed by atoms with Crippen LogP contribution in [0.4, 0.5) is 0 Å². The molecule has 0 aliphatic rings. The molecule has 0 aliphatic heterocycles. The number of hydrogen-bond acceptors (Lipinski definition) is 1. The average Bonchev–Trinajstić information content (AvgIpc) is 2.25. The van der Waals surface area contributed by atoms with E-state index in [1.54, 1.807) is 0 Å². The van der Waals surface area contributed by atoms with Gasteiger partial charge < -0.3 is 5.11 Å². The highest BCUT2D eigenvalue weighted by molar-refractivity contribution is 5.70. The van der Waals surface area contributed by atoms with E-state index in [0.29, 0.717) is 12.8 Å². The summed E-state index contributed by atoms with van der Waals surface area (Å²) >= 11 is 0. The van der Waals surface area contributed by atoms with Gasteiger partial charge in [-0.3, -0.25) is 4.79 Å². The molecule has 0 saturated carbocycles. The third kappa shape index (κ3) is 3.59. The highest BCUT2D eigenvalue weighted by Crippen LogP contribution is 2.25. The molecule has 0 radical (unpaired) electrons. The average molecular weight is 248 g/mol. The first kappa shape index (κ1) is 14.7. The van der Waals surface area contributed by atoms with E-state index in [1.807, 2.05) is 6.92 Å². The lowest BCUT2D eigenvalue weighted by atomic mass is 9.84. The predicted molar refractivity (Wildman–Crippen MR) is 75.0 cm³/mol. The van der Waals surface area contributed by atoms with Crippen LogP contribution in [0.15, 0.2) is 18.2 Å². The van der Waals surface area contributed by atoms with Gasteiger partial charge in [0.1, 0.15) is 0 Å². The molecular weight excluding hydrogens is 224 g/mol. The number of rotatable bonds is 4. The Bertz CT molecular complexity index is 427. The van der Waals surface area contributed by atoms with Gasteiger partial charge in [-0.25, -0.2) is 0 Å². The third-order valence-corrected chi connectivity index (χ3v) is 3.52. The Morgan fingerprint density at radius 1 is 1.33 bits per heavy atom. The van der Waals surface area contributed by atoms with E-state index in [4.69, 9.17) is 5.11 Å². The van der Waals surface area contributed by atoms with Crippen molar-refractivity contribution in [2.75, 3.05) is 0 Å². The molecule has 18 heavy (non-hydrogen) atoms. The van der Waals surface area contributed by atoms with E-state index in [0.717, 1.165) is 5.56 Å². The van der Waals surface area contributed by atoms with E-state index in [2.05, 4.69) is 45.9 Å². The van der Waals surface area contributed by atoms with Crippen LogP contribution in [0.2, 0.25) is 0 Å². The van der Waals surface area contributed by atoms with Gasteiger partial charge in [0.2, 0.25) is 0 Å². The highest BCUT2D eigenvalue weighted by atomic mass is 16.4. The number of hydrogen-bond donors (Lipinski definition) is 1. The normalized spacial score (nSPS) is 13.4. The van der Waals surface area contributed by atoms with Crippen LogP contribution in [0.5, 0.6) is 0 Å². The molecule has 0 amide bonds. The van der Waals surface area contributed by atoms with Crippen molar-refractivity contribution in [1.82, 2.24) is 0 Å². The van der Waals surface area contributed by atoms with Gasteiger partial charge in [-0.1, -0.05) is 45.9 Å². The standard InChI is InChI=1S/C16H24O2/c1-6-12(15(17)18)10-13-7-8-14(9-11(13)2)16(3,4)5/h7-9,12H,6,10H2,1-5H3,(H,17,18). The van der Waals surface area contributed by atoms with Crippen molar-refractivity contribution in [2.45, 2.75) is 52.9 Å². The molecule has 2 nitrogen and oxygen atoms in total. The summed E-state index contributed by atoms with van der Waals surface area (Å²) in [6.45, 7) is 10.6. The summed E-state index contributed by atoms with van der Waals surface area (Å²) in [5, 5.41) is 9.11. The minimum absolute atomic E-state index is 0.139. The minimum atomic E-state index is -0.697. The number of benzene rings is 1. The van der Waals surface area contributed by atoms with Gasteiger partial charge in [-0.2, -0.15) is 0 Å². The fourth-order valence-corrected chi connectivity index (χ4v) is 2.06. The largest absolute Gasteiger partial charge is 0.481 e. The lowest BCUT2D eigenvalue weighted by Crippen LogP contribution is -2.16. The quantitative estimate of drug-likeness (QED) is 0.876. The lowest BCUT2D eigenvalue weighted by Gasteiger charge is -2.21. The van der Waals surface area contributed by atoms with Gasteiger partial charge in [0.15, 0.2) is 0 Å². The van der Waals surface area contributed by atoms with Crippen molar-refractivity contribution in [3.05, 3.63) is 34.9 Å². The molecule has 0 aromatic heterocycles. The second-order valence-electron chi connectivity index (χ2n) is 6.04. The summed E-state index contributed by atoms with van der Waals surface area (Å²) in [6.07, 6.45) is 1.30. The minimum Gasteiger partial charge on any atom is -0.481 e. The Morgan fingerprint density at radius 2 is 1.94 bits per heavy atom. The number of carbonyl (C=O) groups is 1. The van der Waals surface area contributed by atoms with Crippen LogP contribution < -0.4 is 0 Å². The highest BCUT2D eigenvalue weighted by Gasteiger charge is 2.18. The van der Waals surface area contributed by atoms with Crippen molar-refractivity contribution in [3.8, 4) is 0 Å². The summed E-state index contributed by atoms with van der Waals surface area (Å²) < 4.78 is 0. The maximum absolute atomic E-state index is 11.1. The van der Waals surface area contributed by atoms with Crippen molar-refractivity contribution >= 4 is 5.97 Å². The SMILES string of the molecule is CCC(Cc1ccc(C(C)(C)C)cc1C)C(=O)O. The fourth-order valence-electron chi connectivity index (χ4n) is 2.06. The van der Waals surface area contributed by atoms with E-state index in [1.165, 1.54) is 11.1 Å². The first-order valence-electron chi connectivity index (χ1n) is 6.58. The summed E-state index contributed by atoms with van der Waals surface area (Å²) in [6, 6.07) is 6.39. The number of aliphatic carboxylic acids is 1. The zero-order valence-electron chi connectivity index (χ0n) is 12.1. The summed E-state index contributed by atoms with van der Waals surface area (Å²) in [5.41, 5.74) is 3.78. The van der Waals surface area contributed by atoms with Crippen LogP contribution in [-0.4, -0.2) is 11.1 Å². The van der Waals surface area contributed by atoms with Crippen molar-refractivity contribution in [1.29, 1.82) is 0 Å². The number of carboxylic acid groups (broad SMARTS) is 1. The van der Waals surface area contributed by atoms with Crippen LogP contribution >= 0.6 is 0 Å².